The average molecular weight is 274 g/mol. The van der Waals surface area contributed by atoms with Crippen LogP contribution in [0.2, 0.25) is 0 Å². The van der Waals surface area contributed by atoms with Gasteiger partial charge in [-0.15, -0.1) is 0 Å². The van der Waals surface area contributed by atoms with Crippen molar-refractivity contribution in [2.45, 2.75) is 24.1 Å². The zero-order valence-electron chi connectivity index (χ0n) is 9.50. The minimum atomic E-state index is -2.90. The molecule has 1 amide bonds. The van der Waals surface area contributed by atoms with Crippen molar-refractivity contribution >= 4 is 32.7 Å². The zero-order chi connectivity index (χ0) is 12.2. The summed E-state index contributed by atoms with van der Waals surface area (Å²) in [5.74, 6) is 0.490. The molecule has 0 aromatic carbocycles. The van der Waals surface area contributed by atoms with Gasteiger partial charge in [-0.2, -0.15) is 4.99 Å². The minimum absolute atomic E-state index is 0.00393. The molecule has 94 valence electrons. The van der Waals surface area contributed by atoms with Gasteiger partial charge < -0.3 is 4.90 Å². The normalized spacial score (nSPS) is 37.5. The van der Waals surface area contributed by atoms with Gasteiger partial charge in [-0.25, -0.2) is 8.42 Å². The lowest BCUT2D eigenvalue weighted by atomic mass is 10.2. The zero-order valence-corrected chi connectivity index (χ0v) is 11.1. The second kappa shape index (κ2) is 3.71. The summed E-state index contributed by atoms with van der Waals surface area (Å²) in [6, 6.07) is -0.00393. The summed E-state index contributed by atoms with van der Waals surface area (Å²) in [6.45, 7) is 0. The number of thioether (sulfide) groups is 1. The predicted molar refractivity (Wildman–Crippen MR) is 66.7 cm³/mol. The highest BCUT2D eigenvalue weighted by Crippen LogP contribution is 2.38. The second-order valence-electron chi connectivity index (χ2n) is 4.92. The highest BCUT2D eigenvalue weighted by Gasteiger charge is 2.47. The first-order valence-electron chi connectivity index (χ1n) is 5.69. The van der Waals surface area contributed by atoms with E-state index in [9.17, 15) is 13.2 Å². The molecule has 3 aliphatic rings. The summed E-state index contributed by atoms with van der Waals surface area (Å²) in [7, 11) is -1.07. The van der Waals surface area contributed by atoms with E-state index in [0.29, 0.717) is 5.17 Å². The van der Waals surface area contributed by atoms with Gasteiger partial charge in [-0.1, -0.05) is 11.8 Å². The van der Waals surface area contributed by atoms with E-state index in [1.54, 1.807) is 0 Å². The van der Waals surface area contributed by atoms with Crippen LogP contribution in [0.3, 0.4) is 0 Å². The monoisotopic (exact) mass is 274 g/mol. The van der Waals surface area contributed by atoms with Crippen LogP contribution in [0, 0.1) is 5.92 Å². The summed E-state index contributed by atoms with van der Waals surface area (Å²) >= 11 is 1.44. The van der Waals surface area contributed by atoms with E-state index in [1.807, 2.05) is 11.9 Å². The molecule has 2 aliphatic heterocycles. The predicted octanol–water partition coefficient (Wildman–Crippen LogP) is 0.123. The topological polar surface area (TPSA) is 66.8 Å². The van der Waals surface area contributed by atoms with Crippen molar-refractivity contribution in [1.82, 2.24) is 4.90 Å². The quantitative estimate of drug-likeness (QED) is 0.679. The average Bonchev–Trinajstić information content (AvgIpc) is 2.98. The SMILES string of the molecule is CN1C(=NC(=O)C2CC2)S[C@H]2CS(=O)(=O)C[C@@H]21. The fraction of sp³-hybridized carbons (Fsp3) is 0.800. The fourth-order valence-corrected chi connectivity index (χ4v) is 6.25. The summed E-state index contributed by atoms with van der Waals surface area (Å²) in [5, 5.41) is 0.752. The Bertz CT molecular complexity index is 496. The maximum Gasteiger partial charge on any atom is 0.251 e. The van der Waals surface area contributed by atoms with Gasteiger partial charge in [0.2, 0.25) is 0 Å². The van der Waals surface area contributed by atoms with E-state index in [-0.39, 0.29) is 34.6 Å². The second-order valence-corrected chi connectivity index (χ2v) is 8.28. The number of sulfone groups is 1. The molecule has 0 radical (unpaired) electrons. The van der Waals surface area contributed by atoms with Crippen LogP contribution in [0.25, 0.3) is 0 Å². The molecule has 17 heavy (non-hydrogen) atoms. The van der Waals surface area contributed by atoms with Gasteiger partial charge in [0.05, 0.1) is 17.5 Å². The van der Waals surface area contributed by atoms with Crippen molar-refractivity contribution in [3.05, 3.63) is 0 Å². The third-order valence-corrected chi connectivity index (χ3v) is 6.76. The Morgan fingerprint density at radius 3 is 2.71 bits per heavy atom. The van der Waals surface area contributed by atoms with Gasteiger partial charge in [-0.05, 0) is 12.8 Å². The molecular weight excluding hydrogens is 260 g/mol. The van der Waals surface area contributed by atoms with E-state index in [1.165, 1.54) is 11.8 Å². The molecule has 1 aliphatic carbocycles. The first-order valence-corrected chi connectivity index (χ1v) is 8.39. The van der Waals surface area contributed by atoms with Gasteiger partial charge in [0.25, 0.3) is 5.91 Å². The number of rotatable bonds is 1. The Balaban J connectivity index is 1.77. The Hall–Kier alpha value is -0.560. The Morgan fingerprint density at radius 2 is 2.12 bits per heavy atom. The maximum atomic E-state index is 11.6. The smallest absolute Gasteiger partial charge is 0.251 e. The minimum Gasteiger partial charge on any atom is -0.349 e. The largest absolute Gasteiger partial charge is 0.349 e. The number of carbonyl (C=O) groups is 1. The number of nitrogens with zero attached hydrogens (tertiary/aromatic N) is 2. The molecule has 1 saturated carbocycles. The molecule has 0 unspecified atom stereocenters. The van der Waals surface area contributed by atoms with Crippen LogP contribution in [-0.4, -0.2) is 54.2 Å². The Labute approximate surface area is 105 Å². The Morgan fingerprint density at radius 1 is 1.41 bits per heavy atom. The lowest BCUT2D eigenvalue weighted by molar-refractivity contribution is -0.118. The van der Waals surface area contributed by atoms with Crippen molar-refractivity contribution in [2.24, 2.45) is 10.9 Å². The third kappa shape index (κ3) is 2.10. The van der Waals surface area contributed by atoms with Crippen molar-refractivity contribution in [3.8, 4) is 0 Å². The standard InChI is InChI=1S/C10H14N2O3S2/c1-12-7-4-17(14,15)5-8(7)16-10(12)11-9(13)6-2-3-6/h6-8H,2-5H2,1H3/t7-,8-/m0/s1. The van der Waals surface area contributed by atoms with Crippen molar-refractivity contribution in [1.29, 1.82) is 0 Å². The maximum absolute atomic E-state index is 11.6. The molecule has 0 N–H and O–H groups in total. The summed E-state index contributed by atoms with van der Waals surface area (Å²) in [6.07, 6.45) is 1.90. The first-order chi connectivity index (χ1) is 7.96. The van der Waals surface area contributed by atoms with E-state index in [4.69, 9.17) is 0 Å². The van der Waals surface area contributed by atoms with Crippen LogP contribution in [-0.2, 0) is 14.6 Å². The Kier molecular flexibility index (Phi) is 2.52. The van der Waals surface area contributed by atoms with E-state index >= 15 is 0 Å². The van der Waals surface area contributed by atoms with Gasteiger partial charge in [-0.3, -0.25) is 4.79 Å². The van der Waals surface area contributed by atoms with Crippen molar-refractivity contribution in [3.63, 3.8) is 0 Å². The summed E-state index contributed by atoms with van der Waals surface area (Å²) in [4.78, 5) is 17.6. The molecule has 2 atom stereocenters. The highest BCUT2D eigenvalue weighted by molar-refractivity contribution is 8.15. The molecule has 3 rings (SSSR count). The number of amides is 1. The van der Waals surface area contributed by atoms with E-state index in [0.717, 1.165) is 12.8 Å². The number of hydrogen-bond donors (Lipinski definition) is 0. The van der Waals surface area contributed by atoms with E-state index < -0.39 is 9.84 Å². The molecule has 2 heterocycles. The lowest BCUT2D eigenvalue weighted by Crippen LogP contribution is -2.34. The van der Waals surface area contributed by atoms with Crippen LogP contribution < -0.4 is 0 Å². The molecule has 0 spiro atoms. The number of hydrogen-bond acceptors (Lipinski definition) is 4. The molecule has 0 aromatic rings. The fourth-order valence-electron chi connectivity index (χ4n) is 2.25. The van der Waals surface area contributed by atoms with Gasteiger partial charge >= 0.3 is 0 Å². The number of carbonyl (C=O) groups excluding carboxylic acids is 1. The number of amidine groups is 1. The summed E-state index contributed by atoms with van der Waals surface area (Å²) < 4.78 is 23.0. The van der Waals surface area contributed by atoms with Crippen LogP contribution in [0.1, 0.15) is 12.8 Å². The van der Waals surface area contributed by atoms with Crippen LogP contribution in [0.4, 0.5) is 0 Å². The number of aliphatic imine (C=N–C) groups is 1. The molecule has 3 fully saturated rings. The van der Waals surface area contributed by atoms with E-state index in [2.05, 4.69) is 4.99 Å². The molecule has 0 aromatic heterocycles. The van der Waals surface area contributed by atoms with Crippen LogP contribution in [0.15, 0.2) is 4.99 Å². The van der Waals surface area contributed by atoms with Crippen LogP contribution in [0.5, 0.6) is 0 Å². The van der Waals surface area contributed by atoms with Gasteiger partial charge in [0.15, 0.2) is 15.0 Å². The lowest BCUT2D eigenvalue weighted by Gasteiger charge is -2.17. The van der Waals surface area contributed by atoms with Crippen molar-refractivity contribution < 1.29 is 13.2 Å². The molecule has 2 saturated heterocycles. The van der Waals surface area contributed by atoms with Gasteiger partial charge in [0.1, 0.15) is 0 Å². The summed E-state index contributed by atoms with van der Waals surface area (Å²) in [5.41, 5.74) is 0. The molecule has 0 bridgehead atoms. The third-order valence-electron chi connectivity index (χ3n) is 3.46. The highest BCUT2D eigenvalue weighted by atomic mass is 32.2. The van der Waals surface area contributed by atoms with Crippen molar-refractivity contribution in [2.75, 3.05) is 18.6 Å². The molecular formula is C10H14N2O3S2. The number of fused-ring (bicyclic) bond motifs is 1. The first kappa shape index (κ1) is 11.5. The van der Waals surface area contributed by atoms with Crippen LogP contribution >= 0.6 is 11.8 Å². The molecule has 7 heteroatoms. The van der Waals surface area contributed by atoms with Gasteiger partial charge in [0, 0.05) is 18.2 Å². The molecule has 5 nitrogen and oxygen atoms in total.